The summed E-state index contributed by atoms with van der Waals surface area (Å²) < 4.78 is 5.34. The van der Waals surface area contributed by atoms with Crippen molar-refractivity contribution < 1.29 is 14.6 Å². The SMILES string of the molecule is Cc1ccc(/C(=C\CSc2ccc(OCC(=O)O)c(C)c2)c2ccc(-c3ccccc3)cc2)s1. The number of carboxylic acids is 1. The van der Waals surface area contributed by atoms with Gasteiger partial charge in [0.05, 0.1) is 0 Å². The molecule has 0 saturated heterocycles. The molecule has 0 fully saturated rings. The lowest BCUT2D eigenvalue weighted by Crippen LogP contribution is -2.09. The third-order valence-electron chi connectivity index (χ3n) is 5.34. The number of aliphatic carboxylic acids is 1. The minimum Gasteiger partial charge on any atom is -0.482 e. The van der Waals surface area contributed by atoms with Crippen molar-refractivity contribution in [2.45, 2.75) is 18.7 Å². The molecule has 4 rings (SSSR count). The summed E-state index contributed by atoms with van der Waals surface area (Å²) in [5, 5.41) is 8.82. The summed E-state index contributed by atoms with van der Waals surface area (Å²) in [5.74, 6) is 0.452. The Balaban J connectivity index is 1.52. The van der Waals surface area contributed by atoms with E-state index < -0.39 is 5.97 Å². The summed E-state index contributed by atoms with van der Waals surface area (Å²) in [7, 11) is 0. The van der Waals surface area contributed by atoms with Crippen LogP contribution in [0.4, 0.5) is 0 Å². The van der Waals surface area contributed by atoms with Gasteiger partial charge in [-0.3, -0.25) is 0 Å². The Labute approximate surface area is 208 Å². The zero-order chi connectivity index (χ0) is 23.9. The minimum atomic E-state index is -0.976. The first-order valence-corrected chi connectivity index (χ1v) is 12.8. The molecule has 0 saturated carbocycles. The maximum Gasteiger partial charge on any atom is 0.341 e. The summed E-state index contributed by atoms with van der Waals surface area (Å²) in [4.78, 5) is 14.4. The summed E-state index contributed by atoms with van der Waals surface area (Å²) >= 11 is 3.56. The van der Waals surface area contributed by atoms with Crippen LogP contribution in [-0.4, -0.2) is 23.4 Å². The standard InChI is InChI=1S/C29H26O3S2/c1-20-18-25(13-14-27(20)32-19-29(30)31)33-17-16-26(28-15-8-21(2)34-28)24-11-9-23(10-12-24)22-6-4-3-5-7-22/h3-16,18H,17,19H2,1-2H3,(H,30,31)/b26-16-. The van der Waals surface area contributed by atoms with Gasteiger partial charge in [-0.25, -0.2) is 4.79 Å². The number of aryl methyl sites for hydroxylation is 2. The molecular weight excluding hydrogens is 460 g/mol. The fourth-order valence-corrected chi connectivity index (χ4v) is 5.44. The third-order valence-corrected chi connectivity index (χ3v) is 7.30. The first-order valence-electron chi connectivity index (χ1n) is 11.0. The number of thiophene rings is 1. The van der Waals surface area contributed by atoms with Crippen molar-refractivity contribution in [2.24, 2.45) is 0 Å². The van der Waals surface area contributed by atoms with Gasteiger partial charge >= 0.3 is 5.97 Å². The zero-order valence-electron chi connectivity index (χ0n) is 19.2. The Hall–Kier alpha value is -3.28. The van der Waals surface area contributed by atoms with E-state index in [4.69, 9.17) is 9.84 Å². The minimum absolute atomic E-state index is 0.331. The second-order valence-corrected chi connectivity index (χ2v) is 10.3. The Kier molecular flexibility index (Phi) is 7.88. The summed E-state index contributed by atoms with van der Waals surface area (Å²) in [5.41, 5.74) is 5.80. The quantitative estimate of drug-likeness (QED) is 0.246. The van der Waals surface area contributed by atoms with E-state index in [1.54, 1.807) is 11.8 Å². The highest BCUT2D eigenvalue weighted by Crippen LogP contribution is 2.33. The van der Waals surface area contributed by atoms with Gasteiger partial charge in [-0.2, -0.15) is 0 Å². The Morgan fingerprint density at radius 2 is 1.68 bits per heavy atom. The van der Waals surface area contributed by atoms with Crippen LogP contribution in [0.1, 0.15) is 20.9 Å². The van der Waals surface area contributed by atoms with Crippen LogP contribution in [0.15, 0.2) is 95.9 Å². The molecule has 0 aliphatic heterocycles. The van der Waals surface area contributed by atoms with Gasteiger partial charge < -0.3 is 9.84 Å². The molecule has 3 nitrogen and oxygen atoms in total. The molecule has 0 radical (unpaired) electrons. The number of rotatable bonds is 9. The molecule has 0 aliphatic rings. The van der Waals surface area contributed by atoms with Gasteiger partial charge in [-0.05, 0) is 72.0 Å². The molecule has 0 unspecified atom stereocenters. The highest BCUT2D eigenvalue weighted by molar-refractivity contribution is 7.99. The van der Waals surface area contributed by atoms with Crippen LogP contribution in [0.25, 0.3) is 16.7 Å². The highest BCUT2D eigenvalue weighted by Gasteiger charge is 2.09. The van der Waals surface area contributed by atoms with Crippen LogP contribution < -0.4 is 4.74 Å². The van der Waals surface area contributed by atoms with E-state index in [9.17, 15) is 4.79 Å². The van der Waals surface area contributed by atoms with Crippen molar-refractivity contribution in [3.63, 3.8) is 0 Å². The lowest BCUT2D eigenvalue weighted by molar-refractivity contribution is -0.139. The lowest BCUT2D eigenvalue weighted by Gasteiger charge is -2.10. The molecule has 0 bridgehead atoms. The van der Waals surface area contributed by atoms with Gasteiger partial charge in [0.2, 0.25) is 0 Å². The average Bonchev–Trinajstić information content (AvgIpc) is 3.27. The van der Waals surface area contributed by atoms with Crippen molar-refractivity contribution in [2.75, 3.05) is 12.4 Å². The maximum atomic E-state index is 10.7. The molecular formula is C29H26O3S2. The van der Waals surface area contributed by atoms with E-state index in [-0.39, 0.29) is 6.61 Å². The van der Waals surface area contributed by atoms with Gasteiger partial charge in [-0.15, -0.1) is 23.1 Å². The second-order valence-electron chi connectivity index (χ2n) is 7.89. The van der Waals surface area contributed by atoms with Gasteiger partial charge in [-0.1, -0.05) is 60.7 Å². The summed E-state index contributed by atoms with van der Waals surface area (Å²) in [6, 6.07) is 29.4. The zero-order valence-corrected chi connectivity index (χ0v) is 20.8. The van der Waals surface area contributed by atoms with Crippen LogP contribution in [0.2, 0.25) is 0 Å². The molecule has 0 spiro atoms. The molecule has 0 atom stereocenters. The molecule has 4 aromatic rings. The van der Waals surface area contributed by atoms with Gasteiger partial charge in [0, 0.05) is 20.4 Å². The first-order chi connectivity index (χ1) is 16.5. The lowest BCUT2D eigenvalue weighted by atomic mass is 9.99. The smallest absolute Gasteiger partial charge is 0.341 e. The number of hydrogen-bond acceptors (Lipinski definition) is 4. The van der Waals surface area contributed by atoms with Crippen molar-refractivity contribution in [3.05, 3.63) is 112 Å². The summed E-state index contributed by atoms with van der Waals surface area (Å²) in [6.45, 7) is 3.74. The second kappa shape index (κ2) is 11.2. The number of ether oxygens (including phenoxy) is 1. The molecule has 1 aromatic heterocycles. The van der Waals surface area contributed by atoms with Crippen molar-refractivity contribution >= 4 is 34.6 Å². The molecule has 1 heterocycles. The van der Waals surface area contributed by atoms with E-state index in [0.29, 0.717) is 5.75 Å². The van der Waals surface area contributed by atoms with Gasteiger partial charge in [0.15, 0.2) is 6.61 Å². The van der Waals surface area contributed by atoms with Crippen LogP contribution in [0.5, 0.6) is 5.75 Å². The van der Waals surface area contributed by atoms with Gasteiger partial charge in [0.1, 0.15) is 5.75 Å². The fourth-order valence-electron chi connectivity index (χ4n) is 3.65. The number of thioether (sulfide) groups is 1. The number of carbonyl (C=O) groups is 1. The molecule has 0 amide bonds. The van der Waals surface area contributed by atoms with Crippen LogP contribution >= 0.6 is 23.1 Å². The first kappa shape index (κ1) is 23.9. The van der Waals surface area contributed by atoms with E-state index in [1.807, 2.05) is 42.5 Å². The van der Waals surface area contributed by atoms with E-state index in [1.165, 1.54) is 32.0 Å². The number of benzene rings is 3. The van der Waals surface area contributed by atoms with Crippen molar-refractivity contribution in [3.8, 4) is 16.9 Å². The largest absolute Gasteiger partial charge is 0.482 e. The fraction of sp³-hybridized carbons (Fsp3) is 0.138. The normalized spacial score (nSPS) is 11.4. The van der Waals surface area contributed by atoms with E-state index >= 15 is 0 Å². The Morgan fingerprint density at radius 3 is 2.32 bits per heavy atom. The average molecular weight is 487 g/mol. The van der Waals surface area contributed by atoms with Crippen molar-refractivity contribution in [1.29, 1.82) is 0 Å². The Bertz CT molecular complexity index is 1290. The monoisotopic (exact) mass is 486 g/mol. The molecule has 34 heavy (non-hydrogen) atoms. The number of hydrogen-bond donors (Lipinski definition) is 1. The molecule has 5 heteroatoms. The molecule has 172 valence electrons. The highest BCUT2D eigenvalue weighted by atomic mass is 32.2. The van der Waals surface area contributed by atoms with Crippen LogP contribution in [0.3, 0.4) is 0 Å². The molecule has 3 aromatic carbocycles. The van der Waals surface area contributed by atoms with E-state index in [2.05, 4.69) is 73.7 Å². The number of carboxylic acid groups (broad SMARTS) is 1. The topological polar surface area (TPSA) is 46.5 Å². The van der Waals surface area contributed by atoms with Crippen LogP contribution in [-0.2, 0) is 4.79 Å². The predicted octanol–water partition coefficient (Wildman–Crippen LogP) is 7.72. The Morgan fingerprint density at radius 1 is 0.941 bits per heavy atom. The third kappa shape index (κ3) is 6.19. The van der Waals surface area contributed by atoms with Gasteiger partial charge in [0.25, 0.3) is 0 Å². The maximum absolute atomic E-state index is 10.7. The van der Waals surface area contributed by atoms with E-state index in [0.717, 1.165) is 16.2 Å². The van der Waals surface area contributed by atoms with Crippen molar-refractivity contribution in [1.82, 2.24) is 0 Å². The molecule has 1 N–H and O–H groups in total. The predicted molar refractivity (Wildman–Crippen MR) is 143 cm³/mol. The molecule has 0 aliphatic carbocycles. The van der Waals surface area contributed by atoms with Crippen LogP contribution in [0, 0.1) is 13.8 Å². The summed E-state index contributed by atoms with van der Waals surface area (Å²) in [6.07, 6.45) is 2.29.